The zero-order chi connectivity index (χ0) is 14.7. The number of benzene rings is 1. The van der Waals surface area contributed by atoms with Gasteiger partial charge >= 0.3 is 0 Å². The van der Waals surface area contributed by atoms with Gasteiger partial charge in [0.1, 0.15) is 0 Å². The Morgan fingerprint density at radius 3 is 2.86 bits per heavy atom. The third-order valence-corrected chi connectivity index (χ3v) is 4.18. The van der Waals surface area contributed by atoms with Crippen LogP contribution in [0.3, 0.4) is 0 Å². The molecule has 112 valence electrons. The van der Waals surface area contributed by atoms with Gasteiger partial charge in [0, 0.05) is 18.4 Å². The fraction of sp³-hybridized carbons (Fsp3) is 0.471. The number of likely N-dealkylation sites (N-methyl/N-ethyl adjacent to an activating group) is 1. The Kier molecular flexibility index (Phi) is 4.36. The molecule has 4 nitrogen and oxygen atoms in total. The van der Waals surface area contributed by atoms with Crippen LogP contribution in [0.2, 0.25) is 0 Å². The van der Waals surface area contributed by atoms with E-state index in [0.29, 0.717) is 5.92 Å². The second-order valence-corrected chi connectivity index (χ2v) is 5.69. The summed E-state index contributed by atoms with van der Waals surface area (Å²) in [5, 5.41) is 8.06. The summed E-state index contributed by atoms with van der Waals surface area (Å²) in [5.74, 6) is 0.578. The topological polar surface area (TPSA) is 39.1 Å². The van der Waals surface area contributed by atoms with Crippen LogP contribution >= 0.6 is 0 Å². The largest absolute Gasteiger partial charge is 0.376 e. The van der Waals surface area contributed by atoms with Gasteiger partial charge in [0.2, 0.25) is 0 Å². The van der Waals surface area contributed by atoms with Crippen molar-refractivity contribution in [3.05, 3.63) is 48.3 Å². The minimum Gasteiger partial charge on any atom is -0.376 e. The van der Waals surface area contributed by atoms with Crippen LogP contribution < -0.4 is 5.32 Å². The molecule has 2 heterocycles. The lowest BCUT2D eigenvalue weighted by atomic mass is 9.94. The van der Waals surface area contributed by atoms with Crippen molar-refractivity contribution in [1.82, 2.24) is 15.1 Å². The van der Waals surface area contributed by atoms with Crippen molar-refractivity contribution in [1.29, 1.82) is 0 Å². The number of hydrogen-bond donors (Lipinski definition) is 1. The summed E-state index contributed by atoms with van der Waals surface area (Å²) in [7, 11) is 0. The van der Waals surface area contributed by atoms with E-state index in [-0.39, 0.29) is 12.1 Å². The molecule has 1 saturated heterocycles. The van der Waals surface area contributed by atoms with E-state index in [9.17, 15) is 0 Å². The Balaban J connectivity index is 1.85. The minimum atomic E-state index is 0.213. The maximum Gasteiger partial charge on any atom is 0.0797 e. The van der Waals surface area contributed by atoms with E-state index in [0.717, 1.165) is 25.3 Å². The van der Waals surface area contributed by atoms with Gasteiger partial charge in [-0.1, -0.05) is 32.0 Å². The zero-order valence-electron chi connectivity index (χ0n) is 12.7. The summed E-state index contributed by atoms with van der Waals surface area (Å²) in [4.78, 5) is 0. The second kappa shape index (κ2) is 6.41. The van der Waals surface area contributed by atoms with Crippen LogP contribution in [-0.4, -0.2) is 29.0 Å². The Morgan fingerprint density at radius 2 is 2.19 bits per heavy atom. The molecule has 4 heteroatoms. The van der Waals surface area contributed by atoms with Crippen molar-refractivity contribution >= 4 is 0 Å². The van der Waals surface area contributed by atoms with Crippen LogP contribution in [0.4, 0.5) is 0 Å². The molecule has 2 aromatic rings. The van der Waals surface area contributed by atoms with Crippen molar-refractivity contribution in [2.24, 2.45) is 5.92 Å². The number of aromatic nitrogens is 2. The summed E-state index contributed by atoms with van der Waals surface area (Å²) in [5.41, 5.74) is 2.28. The first-order chi connectivity index (χ1) is 10.3. The summed E-state index contributed by atoms with van der Waals surface area (Å²) < 4.78 is 7.88. The molecule has 1 aromatic heterocycles. The van der Waals surface area contributed by atoms with E-state index in [1.165, 1.54) is 5.56 Å². The molecule has 0 bridgehead atoms. The van der Waals surface area contributed by atoms with Gasteiger partial charge in [-0.25, -0.2) is 4.68 Å². The van der Waals surface area contributed by atoms with Crippen LogP contribution in [0, 0.1) is 5.92 Å². The average Bonchev–Trinajstić information content (AvgIpc) is 3.15. The molecule has 0 spiro atoms. The first-order valence-electron chi connectivity index (χ1n) is 7.74. The van der Waals surface area contributed by atoms with Crippen LogP contribution in [0.1, 0.15) is 31.9 Å². The summed E-state index contributed by atoms with van der Waals surface area (Å²) in [6, 6.07) is 10.4. The molecule has 0 amide bonds. The van der Waals surface area contributed by atoms with Crippen molar-refractivity contribution in [3.8, 4) is 5.69 Å². The monoisotopic (exact) mass is 285 g/mol. The van der Waals surface area contributed by atoms with Gasteiger partial charge < -0.3 is 10.1 Å². The Bertz CT molecular complexity index is 566. The van der Waals surface area contributed by atoms with E-state index < -0.39 is 0 Å². The Hall–Kier alpha value is -1.65. The molecule has 1 N–H and O–H groups in total. The van der Waals surface area contributed by atoms with Crippen LogP contribution in [0.25, 0.3) is 5.69 Å². The lowest BCUT2D eigenvalue weighted by Gasteiger charge is -2.25. The molecular formula is C17H23N3O. The molecule has 21 heavy (non-hydrogen) atoms. The standard InChI is InChI=1S/C17H23N3O/c1-3-18-16(17-13(2)9-10-21-17)14-11-19-20(12-14)15-7-5-4-6-8-15/h4-8,11-13,16-18H,3,9-10H2,1-2H3. The third kappa shape index (κ3) is 3.01. The predicted molar refractivity (Wildman–Crippen MR) is 83.5 cm³/mol. The van der Waals surface area contributed by atoms with Gasteiger partial charge in [-0.15, -0.1) is 0 Å². The van der Waals surface area contributed by atoms with Crippen LogP contribution in [0.5, 0.6) is 0 Å². The van der Waals surface area contributed by atoms with E-state index in [2.05, 4.69) is 42.6 Å². The van der Waals surface area contributed by atoms with E-state index in [4.69, 9.17) is 4.74 Å². The molecule has 3 rings (SSSR count). The minimum absolute atomic E-state index is 0.213. The predicted octanol–water partition coefficient (Wildman–Crippen LogP) is 2.95. The maximum absolute atomic E-state index is 5.95. The molecule has 3 atom stereocenters. The number of nitrogens with one attached hydrogen (secondary N) is 1. The molecule has 1 aliphatic rings. The molecule has 0 radical (unpaired) electrons. The Labute approximate surface area is 126 Å². The fourth-order valence-electron chi connectivity index (χ4n) is 3.01. The lowest BCUT2D eigenvalue weighted by Crippen LogP contribution is -2.34. The van der Waals surface area contributed by atoms with Gasteiger partial charge in [-0.2, -0.15) is 5.10 Å². The van der Waals surface area contributed by atoms with Gasteiger partial charge in [0.25, 0.3) is 0 Å². The number of ether oxygens (including phenoxy) is 1. The number of rotatable bonds is 5. The normalized spacial score (nSPS) is 23.3. The van der Waals surface area contributed by atoms with Gasteiger partial charge in [-0.3, -0.25) is 0 Å². The van der Waals surface area contributed by atoms with Gasteiger partial charge in [0.15, 0.2) is 0 Å². The van der Waals surface area contributed by atoms with Gasteiger partial charge in [-0.05, 0) is 31.0 Å². The molecule has 1 aliphatic heterocycles. The van der Waals surface area contributed by atoms with Crippen molar-refractivity contribution < 1.29 is 4.74 Å². The second-order valence-electron chi connectivity index (χ2n) is 5.69. The van der Waals surface area contributed by atoms with Crippen LogP contribution in [-0.2, 0) is 4.74 Å². The van der Waals surface area contributed by atoms with Crippen LogP contribution in [0.15, 0.2) is 42.7 Å². The van der Waals surface area contributed by atoms with Crippen molar-refractivity contribution in [3.63, 3.8) is 0 Å². The molecule has 1 fully saturated rings. The molecule has 3 unspecified atom stereocenters. The van der Waals surface area contributed by atoms with E-state index in [1.54, 1.807) is 0 Å². The molecular weight excluding hydrogens is 262 g/mol. The SMILES string of the molecule is CCNC(c1cnn(-c2ccccc2)c1)C1OCCC1C. The summed E-state index contributed by atoms with van der Waals surface area (Å²) >= 11 is 0. The number of para-hydroxylation sites is 1. The summed E-state index contributed by atoms with van der Waals surface area (Å²) in [6.07, 6.45) is 5.43. The average molecular weight is 285 g/mol. The highest BCUT2D eigenvalue weighted by Crippen LogP contribution is 2.31. The highest BCUT2D eigenvalue weighted by Gasteiger charge is 2.33. The van der Waals surface area contributed by atoms with Crippen molar-refractivity contribution in [2.75, 3.05) is 13.2 Å². The van der Waals surface area contributed by atoms with Crippen molar-refractivity contribution in [2.45, 2.75) is 32.4 Å². The molecule has 0 saturated carbocycles. The number of hydrogen-bond acceptors (Lipinski definition) is 3. The molecule has 1 aromatic carbocycles. The highest BCUT2D eigenvalue weighted by atomic mass is 16.5. The Morgan fingerprint density at radius 1 is 1.38 bits per heavy atom. The first-order valence-corrected chi connectivity index (χ1v) is 7.74. The highest BCUT2D eigenvalue weighted by molar-refractivity contribution is 5.31. The first kappa shape index (κ1) is 14.3. The molecule has 0 aliphatic carbocycles. The smallest absolute Gasteiger partial charge is 0.0797 e. The fourth-order valence-corrected chi connectivity index (χ4v) is 3.01. The quantitative estimate of drug-likeness (QED) is 0.918. The van der Waals surface area contributed by atoms with E-state index in [1.807, 2.05) is 29.1 Å². The lowest BCUT2D eigenvalue weighted by molar-refractivity contribution is 0.0612. The zero-order valence-corrected chi connectivity index (χ0v) is 12.7. The maximum atomic E-state index is 5.95. The third-order valence-electron chi connectivity index (χ3n) is 4.18. The van der Waals surface area contributed by atoms with E-state index >= 15 is 0 Å². The number of nitrogens with zero attached hydrogens (tertiary/aromatic N) is 2. The van der Waals surface area contributed by atoms with Gasteiger partial charge in [0.05, 0.1) is 24.0 Å². The summed E-state index contributed by atoms with van der Waals surface area (Å²) in [6.45, 7) is 6.19.